The van der Waals surface area contributed by atoms with Crippen molar-refractivity contribution >= 4 is 40.5 Å². The molecule has 0 bridgehead atoms. The van der Waals surface area contributed by atoms with E-state index in [1.807, 2.05) is 17.0 Å². The first-order valence-electron chi connectivity index (χ1n) is 12.3. The summed E-state index contributed by atoms with van der Waals surface area (Å²) in [7, 11) is 0. The molecule has 38 heavy (non-hydrogen) atoms. The second-order valence-electron chi connectivity index (χ2n) is 9.37. The minimum Gasteiger partial charge on any atom is -0.486 e. The maximum absolute atomic E-state index is 14.3. The van der Waals surface area contributed by atoms with E-state index in [1.165, 1.54) is 28.5 Å². The Morgan fingerprint density at radius 3 is 2.61 bits per heavy atom. The summed E-state index contributed by atoms with van der Waals surface area (Å²) in [6, 6.07) is 21.6. The average molecular weight is 539 g/mol. The molecule has 5 rings (SSSR count). The van der Waals surface area contributed by atoms with Crippen LogP contribution in [0.25, 0.3) is 10.8 Å². The van der Waals surface area contributed by atoms with Gasteiger partial charge in [0.25, 0.3) is 0 Å². The number of nitrogens with zero attached hydrogens (tertiary/aromatic N) is 1. The van der Waals surface area contributed by atoms with Crippen LogP contribution < -0.4 is 15.0 Å². The fraction of sp³-hybridized carbons (Fsp3) is 0.233. The Morgan fingerprint density at radius 2 is 1.82 bits per heavy atom. The number of anilines is 2. The molecule has 4 aromatic rings. The molecular weight excluding hydrogens is 510 g/mol. The Labute approximate surface area is 226 Å². The van der Waals surface area contributed by atoms with E-state index >= 15 is 0 Å². The molecule has 8 heteroatoms. The van der Waals surface area contributed by atoms with Crippen molar-refractivity contribution in [1.29, 1.82) is 0 Å². The number of nitrogens with one attached hydrogen (secondary N) is 1. The first-order chi connectivity index (χ1) is 17.8. The van der Waals surface area contributed by atoms with Crippen LogP contribution in [0.4, 0.5) is 20.2 Å². The predicted octanol–water partition coefficient (Wildman–Crippen LogP) is 7.19. The lowest BCUT2D eigenvalue weighted by Gasteiger charge is -2.37. The molecule has 198 valence electrons. The third kappa shape index (κ3) is 5.30. The van der Waals surface area contributed by atoms with Gasteiger partial charge in [-0.05, 0) is 73.0 Å². The number of halogens is 3. The Bertz CT molecular complexity index is 1470. The van der Waals surface area contributed by atoms with Crippen molar-refractivity contribution in [2.24, 2.45) is 0 Å². The number of benzene rings is 4. The van der Waals surface area contributed by atoms with E-state index in [-0.39, 0.29) is 30.1 Å². The normalized spacial score (nSPS) is 15.4. The van der Waals surface area contributed by atoms with Crippen LogP contribution >= 0.6 is 12.4 Å². The third-order valence-electron chi connectivity index (χ3n) is 6.99. The maximum atomic E-state index is 14.3. The molecule has 0 aliphatic carbocycles. The number of carboxylic acid groups (broad SMARTS) is 1. The highest BCUT2D eigenvalue weighted by molar-refractivity contribution is 5.92. The number of carbonyl (C=O) groups is 1. The van der Waals surface area contributed by atoms with Gasteiger partial charge in [-0.2, -0.15) is 0 Å². The van der Waals surface area contributed by atoms with Crippen molar-refractivity contribution in [3.63, 3.8) is 0 Å². The van der Waals surface area contributed by atoms with Gasteiger partial charge in [-0.15, -0.1) is 12.4 Å². The fourth-order valence-corrected chi connectivity index (χ4v) is 5.12. The molecule has 5 nitrogen and oxygen atoms in total. The van der Waals surface area contributed by atoms with Crippen LogP contribution in [0.1, 0.15) is 40.9 Å². The zero-order valence-electron chi connectivity index (χ0n) is 21.1. The van der Waals surface area contributed by atoms with Gasteiger partial charge in [0.05, 0.1) is 12.2 Å². The number of rotatable bonds is 7. The summed E-state index contributed by atoms with van der Waals surface area (Å²) in [5.74, 6) is -2.17. The van der Waals surface area contributed by atoms with E-state index in [0.29, 0.717) is 42.2 Å². The van der Waals surface area contributed by atoms with Crippen molar-refractivity contribution < 1.29 is 23.4 Å². The zero-order chi connectivity index (χ0) is 26.1. The molecular formula is C30H29ClF2N2O3. The molecule has 0 aromatic heterocycles. The van der Waals surface area contributed by atoms with Gasteiger partial charge in [-0.1, -0.05) is 42.5 Å². The lowest BCUT2D eigenvalue weighted by Crippen LogP contribution is -2.39. The Morgan fingerprint density at radius 1 is 1.08 bits per heavy atom. The summed E-state index contributed by atoms with van der Waals surface area (Å²) < 4.78 is 34.5. The number of aromatic carboxylic acids is 1. The monoisotopic (exact) mass is 538 g/mol. The Balaban J connectivity index is 0.00000336. The molecule has 2 atom stereocenters. The highest BCUT2D eigenvalue weighted by Gasteiger charge is 2.30. The summed E-state index contributed by atoms with van der Waals surface area (Å²) in [5.41, 5.74) is 2.32. The second-order valence-corrected chi connectivity index (χ2v) is 9.37. The third-order valence-corrected chi connectivity index (χ3v) is 6.99. The van der Waals surface area contributed by atoms with Gasteiger partial charge in [0.2, 0.25) is 0 Å². The summed E-state index contributed by atoms with van der Waals surface area (Å²) >= 11 is 0. The predicted molar refractivity (Wildman–Crippen MR) is 148 cm³/mol. The van der Waals surface area contributed by atoms with Crippen LogP contribution in [0.2, 0.25) is 0 Å². The van der Waals surface area contributed by atoms with Crippen molar-refractivity contribution in [2.45, 2.75) is 32.4 Å². The molecule has 4 aromatic carbocycles. The molecule has 2 N–H and O–H groups in total. The molecule has 1 heterocycles. The van der Waals surface area contributed by atoms with Crippen molar-refractivity contribution in [1.82, 2.24) is 5.32 Å². The minimum absolute atomic E-state index is 0. The highest BCUT2D eigenvalue weighted by atomic mass is 35.5. The Hall–Kier alpha value is -3.68. The summed E-state index contributed by atoms with van der Waals surface area (Å²) in [5, 5.41) is 15.5. The van der Waals surface area contributed by atoms with Gasteiger partial charge in [-0.3, -0.25) is 0 Å². The number of hydrogen-bond acceptors (Lipinski definition) is 4. The first kappa shape index (κ1) is 27.4. The summed E-state index contributed by atoms with van der Waals surface area (Å²) in [4.78, 5) is 13.6. The van der Waals surface area contributed by atoms with Gasteiger partial charge in [0.15, 0.2) is 0 Å². The summed E-state index contributed by atoms with van der Waals surface area (Å²) in [6.07, 6.45) is 0.340. The van der Waals surface area contributed by atoms with E-state index < -0.39 is 17.6 Å². The zero-order valence-corrected chi connectivity index (χ0v) is 21.9. The van der Waals surface area contributed by atoms with Gasteiger partial charge in [0, 0.05) is 17.8 Å². The molecule has 1 aliphatic rings. The first-order valence-corrected chi connectivity index (χ1v) is 12.3. The number of carboxylic acids is 1. The quantitative estimate of drug-likeness (QED) is 0.261. The molecule has 0 fully saturated rings. The van der Waals surface area contributed by atoms with E-state index in [4.69, 9.17) is 4.74 Å². The van der Waals surface area contributed by atoms with Gasteiger partial charge < -0.3 is 20.1 Å². The van der Waals surface area contributed by atoms with E-state index in [9.17, 15) is 18.7 Å². The molecule has 0 saturated heterocycles. The van der Waals surface area contributed by atoms with E-state index in [2.05, 4.69) is 42.6 Å². The van der Waals surface area contributed by atoms with Gasteiger partial charge in [0.1, 0.15) is 29.1 Å². The number of ether oxygens (including phenoxy) is 1. The molecule has 0 spiro atoms. The molecule has 0 amide bonds. The largest absolute Gasteiger partial charge is 0.486 e. The molecule has 0 saturated carbocycles. The van der Waals surface area contributed by atoms with E-state index in [1.54, 1.807) is 19.1 Å². The van der Waals surface area contributed by atoms with Crippen molar-refractivity contribution in [2.75, 3.05) is 18.0 Å². The van der Waals surface area contributed by atoms with Gasteiger partial charge >= 0.3 is 5.97 Å². The van der Waals surface area contributed by atoms with Crippen LogP contribution in [-0.2, 0) is 0 Å². The van der Waals surface area contributed by atoms with Crippen LogP contribution in [-0.4, -0.2) is 30.3 Å². The van der Waals surface area contributed by atoms with Crippen LogP contribution in [0, 0.1) is 18.6 Å². The van der Waals surface area contributed by atoms with Crippen molar-refractivity contribution in [3.05, 3.63) is 101 Å². The molecule has 0 radical (unpaired) electrons. The molecule has 1 unspecified atom stereocenters. The minimum atomic E-state index is -1.33. The summed E-state index contributed by atoms with van der Waals surface area (Å²) in [6.45, 7) is 4.77. The average Bonchev–Trinajstić information content (AvgIpc) is 2.87. The standard InChI is InChI=1S/C30H28F2N2O3.ClH/c1-18-26(13-11-25(32)29(18)30(35)36)34-17-22(37-28-16-21(31)10-12-27(28)34)14-15-33-19(2)23-9-5-7-20-6-3-4-8-24(20)23;/h3-13,16,19,22,33H,14-15,17H2,1-2H3,(H,35,36);1H/t19-,22?;/m1./s1. The van der Waals surface area contributed by atoms with Crippen molar-refractivity contribution in [3.8, 4) is 5.75 Å². The fourth-order valence-electron chi connectivity index (χ4n) is 5.12. The number of fused-ring (bicyclic) bond motifs is 2. The lowest BCUT2D eigenvalue weighted by atomic mass is 9.99. The SMILES string of the molecule is Cc1c(N2CC(CCN[C@H](C)c3cccc4ccccc34)Oc3cc(F)ccc32)ccc(F)c1C(=O)O.Cl. The molecule has 1 aliphatic heterocycles. The maximum Gasteiger partial charge on any atom is 0.339 e. The smallest absolute Gasteiger partial charge is 0.339 e. The van der Waals surface area contributed by atoms with Crippen LogP contribution in [0.15, 0.2) is 72.8 Å². The topological polar surface area (TPSA) is 61.8 Å². The Kier molecular flexibility index (Phi) is 8.19. The van der Waals surface area contributed by atoms with Gasteiger partial charge in [-0.25, -0.2) is 13.6 Å². The number of hydrogen-bond donors (Lipinski definition) is 2. The highest BCUT2D eigenvalue weighted by Crippen LogP contribution is 2.41. The van der Waals surface area contributed by atoms with Crippen LogP contribution in [0.3, 0.4) is 0 Å². The van der Waals surface area contributed by atoms with Crippen LogP contribution in [0.5, 0.6) is 5.75 Å². The lowest BCUT2D eigenvalue weighted by molar-refractivity contribution is 0.0691. The van der Waals surface area contributed by atoms with E-state index in [0.717, 1.165) is 6.07 Å². The second kappa shape index (κ2) is 11.4.